The van der Waals surface area contributed by atoms with Crippen molar-refractivity contribution in [1.82, 2.24) is 10.2 Å². The SMILES string of the molecule is C=C[C@H](c1ccc(Oc2ccccc2)c(Oc2ccccc2)c1)N1CCNCC1. The Morgan fingerprint density at radius 1 is 0.793 bits per heavy atom. The van der Waals surface area contributed by atoms with Crippen LogP contribution in [0.1, 0.15) is 11.6 Å². The molecule has 1 fully saturated rings. The van der Waals surface area contributed by atoms with Gasteiger partial charge in [-0.15, -0.1) is 6.58 Å². The molecule has 0 saturated carbocycles. The molecule has 4 rings (SSSR count). The predicted molar refractivity (Wildman–Crippen MR) is 117 cm³/mol. The van der Waals surface area contributed by atoms with Gasteiger partial charge in [0, 0.05) is 26.2 Å². The van der Waals surface area contributed by atoms with Gasteiger partial charge in [-0.25, -0.2) is 0 Å². The molecule has 0 aliphatic carbocycles. The summed E-state index contributed by atoms with van der Waals surface area (Å²) in [4.78, 5) is 2.43. The van der Waals surface area contributed by atoms with Crippen LogP contribution >= 0.6 is 0 Å². The highest BCUT2D eigenvalue weighted by atomic mass is 16.5. The molecular weight excluding hydrogens is 360 g/mol. The maximum atomic E-state index is 6.21. The number of hydrogen-bond acceptors (Lipinski definition) is 4. The van der Waals surface area contributed by atoms with Gasteiger partial charge in [0.05, 0.1) is 6.04 Å². The zero-order chi connectivity index (χ0) is 19.9. The van der Waals surface area contributed by atoms with Gasteiger partial charge in [0.15, 0.2) is 11.5 Å². The first kappa shape index (κ1) is 19.2. The van der Waals surface area contributed by atoms with Crippen molar-refractivity contribution in [3.05, 3.63) is 97.1 Å². The molecule has 1 heterocycles. The minimum atomic E-state index is 0.140. The van der Waals surface area contributed by atoms with Crippen LogP contribution in [0.15, 0.2) is 91.5 Å². The lowest BCUT2D eigenvalue weighted by atomic mass is 10.0. The molecule has 4 nitrogen and oxygen atoms in total. The number of nitrogens with one attached hydrogen (secondary N) is 1. The van der Waals surface area contributed by atoms with Gasteiger partial charge in [-0.05, 0) is 42.0 Å². The average molecular weight is 386 g/mol. The summed E-state index contributed by atoms with van der Waals surface area (Å²) in [5, 5.41) is 3.40. The summed E-state index contributed by atoms with van der Waals surface area (Å²) in [7, 11) is 0. The van der Waals surface area contributed by atoms with Crippen molar-refractivity contribution in [2.45, 2.75) is 6.04 Å². The first-order chi connectivity index (χ1) is 14.3. The Balaban J connectivity index is 1.66. The molecule has 3 aromatic rings. The van der Waals surface area contributed by atoms with Crippen molar-refractivity contribution in [2.24, 2.45) is 0 Å². The van der Waals surface area contributed by atoms with E-state index in [0.29, 0.717) is 11.5 Å². The van der Waals surface area contributed by atoms with Crippen LogP contribution in [-0.2, 0) is 0 Å². The van der Waals surface area contributed by atoms with E-state index in [1.165, 1.54) is 0 Å². The maximum absolute atomic E-state index is 6.21. The van der Waals surface area contributed by atoms with Crippen LogP contribution in [0.4, 0.5) is 0 Å². The van der Waals surface area contributed by atoms with Gasteiger partial charge in [0.2, 0.25) is 0 Å². The molecule has 1 aliphatic rings. The van der Waals surface area contributed by atoms with Crippen LogP contribution in [0.3, 0.4) is 0 Å². The van der Waals surface area contributed by atoms with Crippen molar-refractivity contribution in [1.29, 1.82) is 0 Å². The molecule has 0 amide bonds. The van der Waals surface area contributed by atoms with Crippen LogP contribution in [0.5, 0.6) is 23.0 Å². The van der Waals surface area contributed by atoms with E-state index in [4.69, 9.17) is 9.47 Å². The molecule has 29 heavy (non-hydrogen) atoms. The fourth-order valence-electron chi connectivity index (χ4n) is 3.56. The van der Waals surface area contributed by atoms with E-state index in [1.807, 2.05) is 72.8 Å². The molecular formula is C25H26N2O2. The topological polar surface area (TPSA) is 33.7 Å². The van der Waals surface area contributed by atoms with Crippen LogP contribution in [-0.4, -0.2) is 31.1 Å². The van der Waals surface area contributed by atoms with Crippen molar-refractivity contribution < 1.29 is 9.47 Å². The summed E-state index contributed by atoms with van der Waals surface area (Å²) in [6.07, 6.45) is 2.00. The Hall–Kier alpha value is -3.08. The van der Waals surface area contributed by atoms with Gasteiger partial charge < -0.3 is 14.8 Å². The van der Waals surface area contributed by atoms with Gasteiger partial charge >= 0.3 is 0 Å². The summed E-state index contributed by atoms with van der Waals surface area (Å²) in [6.45, 7) is 8.06. The lowest BCUT2D eigenvalue weighted by Crippen LogP contribution is -2.44. The molecule has 1 aliphatic heterocycles. The van der Waals surface area contributed by atoms with Crippen LogP contribution in [0, 0.1) is 0 Å². The lowest BCUT2D eigenvalue weighted by molar-refractivity contribution is 0.203. The third kappa shape index (κ3) is 4.86. The Morgan fingerprint density at radius 3 is 1.97 bits per heavy atom. The first-order valence-electron chi connectivity index (χ1n) is 10.0. The van der Waals surface area contributed by atoms with E-state index < -0.39 is 0 Å². The number of nitrogens with zero attached hydrogens (tertiary/aromatic N) is 1. The molecule has 0 spiro atoms. The number of hydrogen-bond donors (Lipinski definition) is 1. The average Bonchev–Trinajstić information content (AvgIpc) is 2.78. The number of rotatable bonds is 7. The van der Waals surface area contributed by atoms with Gasteiger partial charge in [-0.1, -0.05) is 48.5 Å². The predicted octanol–water partition coefficient (Wildman–Crippen LogP) is 5.40. The number of piperazine rings is 1. The highest BCUT2D eigenvalue weighted by molar-refractivity contribution is 5.48. The first-order valence-corrected chi connectivity index (χ1v) is 10.0. The normalized spacial score (nSPS) is 15.4. The van der Waals surface area contributed by atoms with Crippen molar-refractivity contribution in [3.63, 3.8) is 0 Å². The summed E-state index contributed by atoms with van der Waals surface area (Å²) in [5.41, 5.74) is 1.15. The van der Waals surface area contributed by atoms with Crippen molar-refractivity contribution in [3.8, 4) is 23.0 Å². The van der Waals surface area contributed by atoms with E-state index in [-0.39, 0.29) is 6.04 Å². The molecule has 0 bridgehead atoms. The van der Waals surface area contributed by atoms with Crippen molar-refractivity contribution >= 4 is 0 Å². The Labute approximate surface area is 172 Å². The zero-order valence-corrected chi connectivity index (χ0v) is 16.5. The Bertz CT molecular complexity index is 922. The van der Waals surface area contributed by atoms with E-state index in [2.05, 4.69) is 28.9 Å². The van der Waals surface area contributed by atoms with Gasteiger partial charge in [-0.3, -0.25) is 4.90 Å². The maximum Gasteiger partial charge on any atom is 0.170 e. The minimum Gasteiger partial charge on any atom is -0.453 e. The highest BCUT2D eigenvalue weighted by Gasteiger charge is 2.21. The molecule has 1 N–H and O–H groups in total. The van der Waals surface area contributed by atoms with E-state index in [1.54, 1.807) is 0 Å². The summed E-state index contributed by atoms with van der Waals surface area (Å²) < 4.78 is 12.3. The molecule has 0 unspecified atom stereocenters. The smallest absolute Gasteiger partial charge is 0.170 e. The Kier molecular flexibility index (Phi) is 6.25. The Morgan fingerprint density at radius 2 is 1.38 bits per heavy atom. The van der Waals surface area contributed by atoms with E-state index in [0.717, 1.165) is 43.2 Å². The molecule has 3 aromatic carbocycles. The largest absolute Gasteiger partial charge is 0.453 e. The summed E-state index contributed by atoms with van der Waals surface area (Å²) >= 11 is 0. The fraction of sp³-hybridized carbons (Fsp3) is 0.200. The number of para-hydroxylation sites is 2. The molecule has 4 heteroatoms. The molecule has 1 saturated heterocycles. The quantitative estimate of drug-likeness (QED) is 0.551. The van der Waals surface area contributed by atoms with E-state index in [9.17, 15) is 0 Å². The second kappa shape index (κ2) is 9.41. The lowest BCUT2D eigenvalue weighted by Gasteiger charge is -2.33. The fourth-order valence-corrected chi connectivity index (χ4v) is 3.56. The standard InChI is InChI=1S/C25H26N2O2/c1-2-23(27-17-15-26-16-18-27)20-13-14-24(28-21-9-5-3-6-10-21)25(19-20)29-22-11-7-4-8-12-22/h2-14,19,23,26H,1,15-18H2/t23-/m1/s1. The summed E-state index contributed by atoms with van der Waals surface area (Å²) in [6, 6.07) is 25.8. The second-order valence-corrected chi connectivity index (χ2v) is 7.00. The van der Waals surface area contributed by atoms with Crippen LogP contribution < -0.4 is 14.8 Å². The third-order valence-electron chi connectivity index (χ3n) is 5.02. The minimum absolute atomic E-state index is 0.140. The third-order valence-corrected chi connectivity index (χ3v) is 5.02. The van der Waals surface area contributed by atoms with Crippen LogP contribution in [0.25, 0.3) is 0 Å². The zero-order valence-electron chi connectivity index (χ0n) is 16.5. The number of benzene rings is 3. The molecule has 148 valence electrons. The highest BCUT2D eigenvalue weighted by Crippen LogP contribution is 2.38. The van der Waals surface area contributed by atoms with Gasteiger partial charge in [0.1, 0.15) is 11.5 Å². The summed E-state index contributed by atoms with van der Waals surface area (Å²) in [5.74, 6) is 2.94. The number of ether oxygens (including phenoxy) is 2. The van der Waals surface area contributed by atoms with Crippen LogP contribution in [0.2, 0.25) is 0 Å². The van der Waals surface area contributed by atoms with E-state index >= 15 is 0 Å². The van der Waals surface area contributed by atoms with Gasteiger partial charge in [-0.2, -0.15) is 0 Å². The monoisotopic (exact) mass is 386 g/mol. The van der Waals surface area contributed by atoms with Crippen molar-refractivity contribution in [2.75, 3.05) is 26.2 Å². The molecule has 1 atom stereocenters. The second-order valence-electron chi connectivity index (χ2n) is 7.00. The molecule has 0 radical (unpaired) electrons. The van der Waals surface area contributed by atoms with Gasteiger partial charge in [0.25, 0.3) is 0 Å². The molecule has 0 aromatic heterocycles.